The third kappa shape index (κ3) is 3.52. The second-order valence-electron chi connectivity index (χ2n) is 7.13. The van der Waals surface area contributed by atoms with Crippen molar-refractivity contribution in [2.45, 2.75) is 36.4 Å². The molecule has 0 bridgehead atoms. The molecule has 1 aliphatic rings. The Bertz CT molecular complexity index is 1240. The molecule has 11 nitrogen and oxygen atoms in total. The number of ether oxygens (including phenoxy) is 1. The number of benzene rings is 1. The molecule has 4 atom stereocenters. The minimum absolute atomic E-state index is 0.0132. The van der Waals surface area contributed by atoms with E-state index in [2.05, 4.69) is 9.97 Å². The van der Waals surface area contributed by atoms with Gasteiger partial charge in [0, 0.05) is 7.05 Å². The van der Waals surface area contributed by atoms with Crippen molar-refractivity contribution in [3.05, 3.63) is 48.0 Å². The zero-order valence-electron chi connectivity index (χ0n) is 16.2. The molecule has 3 heterocycles. The summed E-state index contributed by atoms with van der Waals surface area (Å²) < 4.78 is 38.6. The first kappa shape index (κ1) is 20.6. The number of nitrogens with one attached hydrogen (secondary N) is 1. The van der Waals surface area contributed by atoms with E-state index in [-0.39, 0.29) is 10.4 Å². The lowest BCUT2D eigenvalue weighted by Crippen LogP contribution is -2.34. The van der Waals surface area contributed by atoms with Crippen molar-refractivity contribution in [3.8, 4) is 0 Å². The van der Waals surface area contributed by atoms with E-state index in [1.807, 2.05) is 6.92 Å². The van der Waals surface area contributed by atoms with Gasteiger partial charge in [-0.05, 0) is 19.1 Å². The van der Waals surface area contributed by atoms with Gasteiger partial charge in [-0.25, -0.2) is 9.97 Å². The summed E-state index contributed by atoms with van der Waals surface area (Å²) in [6, 6.07) is 6.16. The Hall–Kier alpha value is -2.64. The average Bonchev–Trinajstić information content (AvgIpc) is 3.27. The molecule has 12 heteroatoms. The lowest BCUT2D eigenvalue weighted by molar-refractivity contribution is -0.0469. The predicted molar refractivity (Wildman–Crippen MR) is 103 cm³/mol. The van der Waals surface area contributed by atoms with E-state index in [4.69, 9.17) is 14.3 Å². The Labute approximate surface area is 171 Å². The normalized spacial score (nSPS) is 24.5. The van der Waals surface area contributed by atoms with Crippen LogP contribution in [-0.2, 0) is 26.1 Å². The number of aliphatic hydroxyl groups is 2. The highest BCUT2D eigenvalue weighted by atomic mass is 32.2. The van der Waals surface area contributed by atoms with E-state index in [1.165, 1.54) is 29.4 Å². The Kier molecular flexibility index (Phi) is 5.20. The number of hydrogen-bond donors (Lipinski definition) is 3. The van der Waals surface area contributed by atoms with Gasteiger partial charge in [0.05, 0.1) is 24.2 Å². The first-order valence-electron chi connectivity index (χ1n) is 9.09. The standard InChI is InChI=1S/C18H21N5O6S/c1-10-3-5-11(6-4-10)30(26,27)28-7-12-14(24)15(25)18(29-12)23-9-20-13-16(19)21-8-22(2)17(13)23/h3-6,8-9,12,14-15,18-19,24-25H,7H2,1-2H3/t12-,14-,15-,18-/m1/s1. The number of hydrogen-bond acceptors (Lipinski definition) is 9. The van der Waals surface area contributed by atoms with Crippen molar-refractivity contribution >= 4 is 21.3 Å². The lowest BCUT2D eigenvalue weighted by atomic mass is 10.1. The number of aryl methyl sites for hydroxylation is 2. The number of aliphatic hydroxyl groups excluding tert-OH is 2. The Balaban J connectivity index is 1.55. The van der Waals surface area contributed by atoms with E-state index < -0.39 is 41.3 Å². The fraction of sp³-hybridized carbons (Fsp3) is 0.389. The van der Waals surface area contributed by atoms with E-state index in [1.54, 1.807) is 23.7 Å². The van der Waals surface area contributed by atoms with Crippen LogP contribution in [0, 0.1) is 12.3 Å². The number of rotatable bonds is 5. The molecular formula is C18H21N5O6S. The molecule has 0 unspecified atom stereocenters. The zero-order chi connectivity index (χ0) is 21.6. The van der Waals surface area contributed by atoms with Crippen LogP contribution < -0.4 is 5.49 Å². The van der Waals surface area contributed by atoms with Crippen LogP contribution in [0.5, 0.6) is 0 Å². The summed E-state index contributed by atoms with van der Waals surface area (Å²) >= 11 is 0. The van der Waals surface area contributed by atoms with E-state index in [0.29, 0.717) is 11.2 Å². The van der Waals surface area contributed by atoms with Gasteiger partial charge in [-0.15, -0.1) is 0 Å². The van der Waals surface area contributed by atoms with Crippen molar-refractivity contribution in [3.63, 3.8) is 0 Å². The van der Waals surface area contributed by atoms with Crippen LogP contribution in [-0.4, -0.2) is 62.7 Å². The largest absolute Gasteiger partial charge is 0.387 e. The fourth-order valence-corrected chi connectivity index (χ4v) is 4.26. The van der Waals surface area contributed by atoms with E-state index >= 15 is 0 Å². The Morgan fingerprint density at radius 3 is 2.57 bits per heavy atom. The van der Waals surface area contributed by atoms with Crippen LogP contribution in [0.2, 0.25) is 0 Å². The first-order valence-corrected chi connectivity index (χ1v) is 10.5. The van der Waals surface area contributed by atoms with Crippen LogP contribution in [0.25, 0.3) is 11.2 Å². The highest BCUT2D eigenvalue weighted by molar-refractivity contribution is 7.86. The molecule has 0 saturated carbocycles. The molecule has 0 spiro atoms. The summed E-state index contributed by atoms with van der Waals surface area (Å²) in [5, 5.41) is 28.7. The third-order valence-electron chi connectivity index (χ3n) is 4.99. The number of fused-ring (bicyclic) bond motifs is 1. The summed E-state index contributed by atoms with van der Waals surface area (Å²) in [6.45, 7) is 1.36. The molecule has 30 heavy (non-hydrogen) atoms. The molecule has 0 radical (unpaired) electrons. The second-order valence-corrected chi connectivity index (χ2v) is 8.74. The predicted octanol–water partition coefficient (Wildman–Crippen LogP) is -0.418. The number of aromatic nitrogens is 4. The number of imidazole rings is 1. The average molecular weight is 435 g/mol. The molecule has 1 aromatic carbocycles. The van der Waals surface area contributed by atoms with Crippen LogP contribution in [0.3, 0.4) is 0 Å². The fourth-order valence-electron chi connectivity index (χ4n) is 3.34. The Morgan fingerprint density at radius 1 is 1.17 bits per heavy atom. The van der Waals surface area contributed by atoms with Crippen molar-refractivity contribution < 1.29 is 27.6 Å². The summed E-state index contributed by atoms with van der Waals surface area (Å²) in [6.07, 6.45) is -2.09. The molecule has 1 fully saturated rings. The molecule has 3 aromatic rings. The molecule has 1 aliphatic heterocycles. The maximum atomic E-state index is 12.4. The maximum absolute atomic E-state index is 12.4. The Morgan fingerprint density at radius 2 is 1.87 bits per heavy atom. The minimum Gasteiger partial charge on any atom is -0.387 e. The van der Waals surface area contributed by atoms with Crippen LogP contribution in [0.15, 0.2) is 41.8 Å². The molecule has 3 N–H and O–H groups in total. The van der Waals surface area contributed by atoms with Crippen molar-refractivity contribution in [2.75, 3.05) is 6.61 Å². The highest BCUT2D eigenvalue weighted by Gasteiger charge is 2.45. The minimum atomic E-state index is -4.05. The zero-order valence-corrected chi connectivity index (χ0v) is 17.0. The third-order valence-corrected chi connectivity index (χ3v) is 6.29. The van der Waals surface area contributed by atoms with Gasteiger partial charge in [0.2, 0.25) is 0 Å². The molecule has 2 aromatic heterocycles. The van der Waals surface area contributed by atoms with Gasteiger partial charge in [-0.1, -0.05) is 17.7 Å². The van der Waals surface area contributed by atoms with Crippen molar-refractivity contribution in [1.29, 1.82) is 5.41 Å². The monoisotopic (exact) mass is 435 g/mol. The molecule has 0 aliphatic carbocycles. The summed E-state index contributed by atoms with van der Waals surface area (Å²) in [4.78, 5) is 8.02. The van der Waals surface area contributed by atoms with Gasteiger partial charge >= 0.3 is 0 Å². The van der Waals surface area contributed by atoms with Gasteiger partial charge < -0.3 is 19.5 Å². The molecule has 4 rings (SSSR count). The summed E-state index contributed by atoms with van der Waals surface area (Å²) in [5.41, 5.74) is 1.62. The van der Waals surface area contributed by atoms with Gasteiger partial charge in [0.25, 0.3) is 10.1 Å². The SMILES string of the molecule is Cc1ccc(S(=O)(=O)OC[C@H]2O[C@@H](n3cnc4c(=N)ncn(C)c43)[C@H](O)[C@@H]2O)cc1. The smallest absolute Gasteiger partial charge is 0.297 e. The molecule has 0 amide bonds. The van der Waals surface area contributed by atoms with Crippen molar-refractivity contribution in [1.82, 2.24) is 19.1 Å². The summed E-state index contributed by atoms with van der Waals surface area (Å²) in [5.74, 6) is 0. The van der Waals surface area contributed by atoms with Crippen LogP contribution >= 0.6 is 0 Å². The number of nitrogens with zero attached hydrogens (tertiary/aromatic N) is 4. The van der Waals surface area contributed by atoms with Crippen LogP contribution in [0.1, 0.15) is 11.8 Å². The van der Waals surface area contributed by atoms with Crippen LogP contribution in [0.4, 0.5) is 0 Å². The van der Waals surface area contributed by atoms with Gasteiger partial charge in [-0.2, -0.15) is 8.42 Å². The molecule has 1 saturated heterocycles. The van der Waals surface area contributed by atoms with E-state index in [9.17, 15) is 18.6 Å². The topological polar surface area (TPSA) is 153 Å². The van der Waals surface area contributed by atoms with Gasteiger partial charge in [0.1, 0.15) is 29.5 Å². The van der Waals surface area contributed by atoms with Crippen molar-refractivity contribution in [2.24, 2.45) is 7.05 Å². The quantitative estimate of drug-likeness (QED) is 0.457. The van der Waals surface area contributed by atoms with Gasteiger partial charge in [0.15, 0.2) is 11.7 Å². The summed E-state index contributed by atoms with van der Waals surface area (Å²) in [7, 11) is -2.36. The molecular weight excluding hydrogens is 414 g/mol. The lowest BCUT2D eigenvalue weighted by Gasteiger charge is -2.18. The van der Waals surface area contributed by atoms with Gasteiger partial charge in [-0.3, -0.25) is 14.2 Å². The maximum Gasteiger partial charge on any atom is 0.297 e. The van der Waals surface area contributed by atoms with E-state index in [0.717, 1.165) is 5.56 Å². The highest BCUT2D eigenvalue weighted by Crippen LogP contribution is 2.32. The first-order chi connectivity index (χ1) is 14.2. The second kappa shape index (κ2) is 7.56. The molecule has 160 valence electrons.